The molecule has 112 valence electrons. The zero-order chi connectivity index (χ0) is 15.5. The van der Waals surface area contributed by atoms with Crippen LogP contribution in [-0.2, 0) is 0 Å². The van der Waals surface area contributed by atoms with Crippen molar-refractivity contribution in [2.24, 2.45) is 0 Å². The number of ketones is 1. The van der Waals surface area contributed by atoms with Crippen LogP contribution in [0, 0.1) is 0 Å². The third-order valence-electron chi connectivity index (χ3n) is 3.89. The lowest BCUT2D eigenvalue weighted by atomic mass is 9.82. The van der Waals surface area contributed by atoms with Gasteiger partial charge in [0.2, 0.25) is 0 Å². The van der Waals surface area contributed by atoms with Gasteiger partial charge in [-0.25, -0.2) is 0 Å². The van der Waals surface area contributed by atoms with Gasteiger partial charge < -0.3 is 0 Å². The molecule has 0 aliphatic heterocycles. The maximum atomic E-state index is 12.7. The van der Waals surface area contributed by atoms with Gasteiger partial charge in [0.1, 0.15) is 0 Å². The van der Waals surface area contributed by atoms with E-state index >= 15 is 0 Å². The standard InChI is InChI=1S/C16H21F3O/c1-5-10(3)12-8-7-9-13(14(12)11(4)6-2)15(20)16(17,18)19/h7-11H,5-6H2,1-4H3. The Morgan fingerprint density at radius 1 is 1.10 bits per heavy atom. The molecule has 0 fully saturated rings. The van der Waals surface area contributed by atoms with Crippen molar-refractivity contribution in [3.05, 3.63) is 34.9 Å². The van der Waals surface area contributed by atoms with E-state index in [1.165, 1.54) is 6.07 Å². The quantitative estimate of drug-likeness (QED) is 0.657. The van der Waals surface area contributed by atoms with Crippen molar-refractivity contribution in [3.63, 3.8) is 0 Å². The Morgan fingerprint density at radius 2 is 1.65 bits per heavy atom. The first-order valence-electron chi connectivity index (χ1n) is 6.98. The Labute approximate surface area is 118 Å². The lowest BCUT2D eigenvalue weighted by Gasteiger charge is -2.22. The monoisotopic (exact) mass is 286 g/mol. The van der Waals surface area contributed by atoms with E-state index < -0.39 is 12.0 Å². The van der Waals surface area contributed by atoms with Crippen LogP contribution in [0.1, 0.15) is 73.9 Å². The number of carbonyl (C=O) groups is 1. The fourth-order valence-electron chi connectivity index (χ4n) is 2.34. The Hall–Kier alpha value is -1.32. The van der Waals surface area contributed by atoms with Crippen LogP contribution in [0.15, 0.2) is 18.2 Å². The zero-order valence-corrected chi connectivity index (χ0v) is 12.3. The van der Waals surface area contributed by atoms with E-state index in [9.17, 15) is 18.0 Å². The molecule has 0 radical (unpaired) electrons. The molecule has 2 unspecified atom stereocenters. The molecule has 0 aromatic heterocycles. The van der Waals surface area contributed by atoms with Crippen LogP contribution in [0.2, 0.25) is 0 Å². The highest BCUT2D eigenvalue weighted by Gasteiger charge is 2.41. The highest BCUT2D eigenvalue weighted by Crippen LogP contribution is 2.35. The lowest BCUT2D eigenvalue weighted by Crippen LogP contribution is -2.25. The summed E-state index contributed by atoms with van der Waals surface area (Å²) in [7, 11) is 0. The summed E-state index contributed by atoms with van der Waals surface area (Å²) in [5.41, 5.74) is 1.23. The molecule has 0 saturated heterocycles. The number of halogens is 3. The summed E-state index contributed by atoms with van der Waals surface area (Å²) in [5, 5.41) is 0. The molecule has 0 aliphatic carbocycles. The normalized spacial score (nSPS) is 14.9. The van der Waals surface area contributed by atoms with E-state index in [1.807, 2.05) is 33.8 Å². The number of hydrogen-bond acceptors (Lipinski definition) is 1. The maximum absolute atomic E-state index is 12.7. The first-order chi connectivity index (χ1) is 9.23. The summed E-state index contributed by atoms with van der Waals surface area (Å²) in [6.07, 6.45) is -3.30. The zero-order valence-electron chi connectivity index (χ0n) is 12.3. The molecule has 4 heteroatoms. The molecule has 0 amide bonds. The molecule has 1 aromatic carbocycles. The van der Waals surface area contributed by atoms with Crippen LogP contribution in [-0.4, -0.2) is 12.0 Å². The van der Waals surface area contributed by atoms with Gasteiger partial charge in [0, 0.05) is 5.56 Å². The van der Waals surface area contributed by atoms with Gasteiger partial charge in [0.05, 0.1) is 0 Å². The van der Waals surface area contributed by atoms with Crippen molar-refractivity contribution in [1.29, 1.82) is 0 Å². The van der Waals surface area contributed by atoms with Crippen LogP contribution >= 0.6 is 0 Å². The summed E-state index contributed by atoms with van der Waals surface area (Å²) in [5.74, 6) is -1.67. The van der Waals surface area contributed by atoms with Crippen molar-refractivity contribution < 1.29 is 18.0 Å². The van der Waals surface area contributed by atoms with Gasteiger partial charge in [-0.3, -0.25) is 4.79 Å². The largest absolute Gasteiger partial charge is 0.454 e. The molecule has 0 bridgehead atoms. The smallest absolute Gasteiger partial charge is 0.284 e. The average molecular weight is 286 g/mol. The van der Waals surface area contributed by atoms with Gasteiger partial charge in [0.15, 0.2) is 0 Å². The number of benzene rings is 1. The molecule has 0 aliphatic rings. The van der Waals surface area contributed by atoms with E-state index in [-0.39, 0.29) is 17.4 Å². The van der Waals surface area contributed by atoms with Gasteiger partial charge >= 0.3 is 6.18 Å². The molecule has 0 N–H and O–H groups in total. The second-order valence-corrected chi connectivity index (χ2v) is 5.25. The van der Waals surface area contributed by atoms with E-state index in [1.54, 1.807) is 6.07 Å². The Balaban J connectivity index is 3.48. The Morgan fingerprint density at radius 3 is 2.10 bits per heavy atom. The molecule has 1 aromatic rings. The molecule has 20 heavy (non-hydrogen) atoms. The minimum atomic E-state index is -4.82. The predicted molar refractivity (Wildman–Crippen MR) is 74.2 cm³/mol. The van der Waals surface area contributed by atoms with E-state index in [4.69, 9.17) is 0 Å². The average Bonchev–Trinajstić information content (AvgIpc) is 2.42. The Kier molecular flexibility index (Phi) is 5.37. The van der Waals surface area contributed by atoms with Crippen LogP contribution in [0.4, 0.5) is 13.2 Å². The molecule has 0 saturated carbocycles. The molecule has 0 heterocycles. The summed E-state index contributed by atoms with van der Waals surface area (Å²) in [6, 6.07) is 4.68. The van der Waals surface area contributed by atoms with Gasteiger partial charge in [0.25, 0.3) is 5.78 Å². The van der Waals surface area contributed by atoms with Gasteiger partial charge in [-0.2, -0.15) is 13.2 Å². The van der Waals surface area contributed by atoms with E-state index in [0.29, 0.717) is 12.0 Å². The fourth-order valence-corrected chi connectivity index (χ4v) is 2.34. The highest BCUT2D eigenvalue weighted by molar-refractivity contribution is 6.02. The minimum absolute atomic E-state index is 0.0681. The summed E-state index contributed by atoms with van der Waals surface area (Å²) >= 11 is 0. The maximum Gasteiger partial charge on any atom is 0.454 e. The van der Waals surface area contributed by atoms with Crippen LogP contribution < -0.4 is 0 Å². The van der Waals surface area contributed by atoms with Gasteiger partial charge in [-0.15, -0.1) is 0 Å². The van der Waals surface area contributed by atoms with E-state index in [2.05, 4.69) is 0 Å². The molecule has 2 atom stereocenters. The van der Waals surface area contributed by atoms with Crippen molar-refractivity contribution in [3.8, 4) is 0 Å². The second kappa shape index (κ2) is 6.42. The first-order valence-corrected chi connectivity index (χ1v) is 6.98. The molecule has 1 nitrogen and oxygen atoms in total. The van der Waals surface area contributed by atoms with Crippen LogP contribution in [0.5, 0.6) is 0 Å². The number of Topliss-reactive ketones (excluding diaryl/α,β-unsaturated/α-hetero) is 1. The van der Waals surface area contributed by atoms with E-state index in [0.717, 1.165) is 12.0 Å². The second-order valence-electron chi connectivity index (χ2n) is 5.25. The van der Waals surface area contributed by atoms with Crippen molar-refractivity contribution in [1.82, 2.24) is 0 Å². The highest BCUT2D eigenvalue weighted by atomic mass is 19.4. The molecular formula is C16H21F3O. The topological polar surface area (TPSA) is 17.1 Å². The summed E-state index contributed by atoms with van der Waals surface area (Å²) < 4.78 is 38.2. The van der Waals surface area contributed by atoms with Gasteiger partial charge in [-0.05, 0) is 35.8 Å². The first kappa shape index (κ1) is 16.7. The molecule has 1 rings (SSSR count). The third-order valence-corrected chi connectivity index (χ3v) is 3.89. The molecular weight excluding hydrogens is 265 g/mol. The predicted octanol–water partition coefficient (Wildman–Crippen LogP) is 5.46. The number of carbonyl (C=O) groups excluding carboxylic acids is 1. The van der Waals surface area contributed by atoms with Crippen molar-refractivity contribution >= 4 is 5.78 Å². The number of hydrogen-bond donors (Lipinski definition) is 0. The van der Waals surface area contributed by atoms with Crippen LogP contribution in [0.3, 0.4) is 0 Å². The fraction of sp³-hybridized carbons (Fsp3) is 0.562. The third kappa shape index (κ3) is 3.41. The number of rotatable bonds is 5. The van der Waals surface area contributed by atoms with Crippen LogP contribution in [0.25, 0.3) is 0 Å². The van der Waals surface area contributed by atoms with Gasteiger partial charge in [-0.1, -0.05) is 45.9 Å². The summed E-state index contributed by atoms with van der Waals surface area (Å²) in [4.78, 5) is 11.6. The number of alkyl halides is 3. The SMILES string of the molecule is CCC(C)c1cccc(C(=O)C(F)(F)F)c1C(C)CC. The summed E-state index contributed by atoms with van der Waals surface area (Å²) in [6.45, 7) is 7.75. The van der Waals surface area contributed by atoms with Crippen molar-refractivity contribution in [2.75, 3.05) is 0 Å². The minimum Gasteiger partial charge on any atom is -0.284 e. The Bertz CT molecular complexity index is 477. The lowest BCUT2D eigenvalue weighted by molar-refractivity contribution is -0.0886. The molecule has 0 spiro atoms. The van der Waals surface area contributed by atoms with Crippen molar-refractivity contribution in [2.45, 2.75) is 58.5 Å².